The molecule has 6 heteroatoms. The molecule has 1 heterocycles. The van der Waals surface area contributed by atoms with Crippen molar-refractivity contribution in [2.24, 2.45) is 0 Å². The summed E-state index contributed by atoms with van der Waals surface area (Å²) in [6, 6.07) is 0.0296. The molecule has 0 aromatic rings. The highest BCUT2D eigenvalue weighted by Crippen LogP contribution is 2.07. The molecule has 0 atom stereocenters. The van der Waals surface area contributed by atoms with E-state index < -0.39 is 10.0 Å². The summed E-state index contributed by atoms with van der Waals surface area (Å²) < 4.78 is 30.2. The van der Waals surface area contributed by atoms with Gasteiger partial charge in [-0.2, -0.15) is 0 Å². The molecule has 0 aromatic heterocycles. The molecule has 0 aromatic carbocycles. The Morgan fingerprint density at radius 1 is 1.38 bits per heavy atom. The summed E-state index contributed by atoms with van der Waals surface area (Å²) in [6.45, 7) is 1.27. The molecule has 1 saturated heterocycles. The molecule has 1 aliphatic rings. The minimum absolute atomic E-state index is 0.00802. The quantitative estimate of drug-likeness (QED) is 0.704. The smallest absolute Gasteiger partial charge is 0.213 e. The van der Waals surface area contributed by atoms with Crippen LogP contribution in [0.1, 0.15) is 12.8 Å². The number of nitrogens with one attached hydrogen (secondary N) is 1. The van der Waals surface area contributed by atoms with Crippen LogP contribution in [0, 0.1) is 0 Å². The fourth-order valence-electron chi connectivity index (χ4n) is 1.23. The van der Waals surface area contributed by atoms with Crippen molar-refractivity contribution in [3.05, 3.63) is 0 Å². The van der Waals surface area contributed by atoms with Crippen LogP contribution >= 0.6 is 11.6 Å². The van der Waals surface area contributed by atoms with Crippen molar-refractivity contribution in [2.75, 3.05) is 24.8 Å². The van der Waals surface area contributed by atoms with E-state index in [4.69, 9.17) is 16.3 Å². The van der Waals surface area contributed by atoms with Gasteiger partial charge in [0, 0.05) is 25.1 Å². The van der Waals surface area contributed by atoms with Gasteiger partial charge in [-0.3, -0.25) is 0 Å². The number of hydrogen-bond acceptors (Lipinski definition) is 3. The minimum Gasteiger partial charge on any atom is -0.381 e. The number of rotatable bonds is 4. The Hall–Kier alpha value is 0.160. The van der Waals surface area contributed by atoms with E-state index in [-0.39, 0.29) is 17.7 Å². The Morgan fingerprint density at radius 2 is 2.00 bits per heavy atom. The van der Waals surface area contributed by atoms with Crippen molar-refractivity contribution < 1.29 is 13.2 Å². The van der Waals surface area contributed by atoms with Crippen LogP contribution in [0.15, 0.2) is 0 Å². The van der Waals surface area contributed by atoms with Gasteiger partial charge in [0.15, 0.2) is 0 Å². The molecule has 1 fully saturated rings. The molecule has 0 amide bonds. The molecular weight excluding hydrogens is 214 g/mol. The van der Waals surface area contributed by atoms with E-state index in [0.29, 0.717) is 13.2 Å². The van der Waals surface area contributed by atoms with Gasteiger partial charge in [0.2, 0.25) is 10.0 Å². The maximum absolute atomic E-state index is 11.3. The molecule has 0 unspecified atom stereocenters. The average molecular weight is 228 g/mol. The van der Waals surface area contributed by atoms with Crippen molar-refractivity contribution in [1.29, 1.82) is 0 Å². The number of alkyl halides is 1. The summed E-state index contributed by atoms with van der Waals surface area (Å²) in [5.41, 5.74) is 0. The average Bonchev–Trinajstić information content (AvgIpc) is 2.04. The second-order valence-corrected chi connectivity index (χ2v) is 5.26. The van der Waals surface area contributed by atoms with Gasteiger partial charge in [0.25, 0.3) is 0 Å². The summed E-state index contributed by atoms with van der Waals surface area (Å²) in [6.07, 6.45) is 1.50. The molecular formula is C7H14ClNO3S. The van der Waals surface area contributed by atoms with Gasteiger partial charge in [-0.15, -0.1) is 11.6 Å². The lowest BCUT2D eigenvalue weighted by Gasteiger charge is -2.22. The fourth-order valence-corrected chi connectivity index (χ4v) is 2.90. The third-order valence-corrected chi connectivity index (χ3v) is 3.76. The molecule has 4 nitrogen and oxygen atoms in total. The fraction of sp³-hybridized carbons (Fsp3) is 1.00. The topological polar surface area (TPSA) is 55.4 Å². The summed E-state index contributed by atoms with van der Waals surface area (Å²) in [5, 5.41) is 0. The lowest BCUT2D eigenvalue weighted by Crippen LogP contribution is -2.40. The zero-order chi connectivity index (χ0) is 9.73. The Balaban J connectivity index is 2.37. The minimum atomic E-state index is -3.17. The van der Waals surface area contributed by atoms with E-state index >= 15 is 0 Å². The standard InChI is InChI=1S/C7H14ClNO3S/c8-3-6-13(10,11)9-7-1-4-12-5-2-7/h7,9H,1-6H2. The first-order valence-electron chi connectivity index (χ1n) is 4.28. The van der Waals surface area contributed by atoms with Crippen molar-refractivity contribution in [3.63, 3.8) is 0 Å². The number of halogens is 1. The van der Waals surface area contributed by atoms with E-state index in [0.717, 1.165) is 12.8 Å². The van der Waals surface area contributed by atoms with E-state index in [1.54, 1.807) is 0 Å². The second kappa shape index (κ2) is 5.14. The predicted molar refractivity (Wildman–Crippen MR) is 51.5 cm³/mol. The van der Waals surface area contributed by atoms with E-state index in [1.165, 1.54) is 0 Å². The maximum Gasteiger partial charge on any atom is 0.213 e. The van der Waals surface area contributed by atoms with Gasteiger partial charge in [-0.05, 0) is 12.8 Å². The molecule has 0 aliphatic carbocycles. The van der Waals surface area contributed by atoms with Crippen molar-refractivity contribution in [2.45, 2.75) is 18.9 Å². The Labute approximate surface area is 83.7 Å². The molecule has 0 radical (unpaired) electrons. The van der Waals surface area contributed by atoms with Gasteiger partial charge in [-0.25, -0.2) is 13.1 Å². The van der Waals surface area contributed by atoms with E-state index in [1.807, 2.05) is 0 Å². The third kappa shape index (κ3) is 4.26. The van der Waals surface area contributed by atoms with E-state index in [9.17, 15) is 8.42 Å². The van der Waals surface area contributed by atoms with Crippen LogP contribution in [0.4, 0.5) is 0 Å². The van der Waals surface area contributed by atoms with Gasteiger partial charge in [-0.1, -0.05) is 0 Å². The number of hydrogen-bond donors (Lipinski definition) is 1. The van der Waals surface area contributed by atoms with Crippen LogP contribution in [0.2, 0.25) is 0 Å². The molecule has 1 N–H and O–H groups in total. The van der Waals surface area contributed by atoms with Crippen molar-refractivity contribution >= 4 is 21.6 Å². The summed E-state index contributed by atoms with van der Waals surface area (Å²) >= 11 is 5.36. The van der Waals surface area contributed by atoms with Crippen LogP contribution in [-0.4, -0.2) is 39.3 Å². The largest absolute Gasteiger partial charge is 0.381 e. The maximum atomic E-state index is 11.3. The highest BCUT2D eigenvalue weighted by molar-refractivity contribution is 7.89. The zero-order valence-electron chi connectivity index (χ0n) is 7.33. The molecule has 1 aliphatic heterocycles. The van der Waals surface area contributed by atoms with Crippen molar-refractivity contribution in [1.82, 2.24) is 4.72 Å². The summed E-state index contributed by atoms with van der Waals surface area (Å²) in [5.74, 6) is 0.129. The number of sulfonamides is 1. The Bertz CT molecular complexity index is 236. The van der Waals surface area contributed by atoms with Crippen LogP contribution in [0.5, 0.6) is 0 Å². The molecule has 0 spiro atoms. The molecule has 13 heavy (non-hydrogen) atoms. The second-order valence-electron chi connectivity index (χ2n) is 3.01. The van der Waals surface area contributed by atoms with Crippen LogP contribution in [0.3, 0.4) is 0 Å². The zero-order valence-corrected chi connectivity index (χ0v) is 8.90. The van der Waals surface area contributed by atoms with Crippen LogP contribution in [0.25, 0.3) is 0 Å². The lowest BCUT2D eigenvalue weighted by molar-refractivity contribution is 0.0832. The molecule has 0 bridgehead atoms. The molecule has 78 valence electrons. The lowest BCUT2D eigenvalue weighted by atomic mass is 10.1. The number of ether oxygens (including phenoxy) is 1. The SMILES string of the molecule is O=S(=O)(CCCl)NC1CCOCC1. The first-order valence-corrected chi connectivity index (χ1v) is 6.46. The van der Waals surface area contributed by atoms with Gasteiger partial charge < -0.3 is 4.74 Å². The van der Waals surface area contributed by atoms with Crippen LogP contribution in [-0.2, 0) is 14.8 Å². The summed E-state index contributed by atoms with van der Waals surface area (Å²) in [7, 11) is -3.17. The van der Waals surface area contributed by atoms with Crippen LogP contribution < -0.4 is 4.72 Å². The van der Waals surface area contributed by atoms with E-state index in [2.05, 4.69) is 4.72 Å². The Kier molecular flexibility index (Phi) is 4.45. The summed E-state index contributed by atoms with van der Waals surface area (Å²) in [4.78, 5) is 0. The monoisotopic (exact) mass is 227 g/mol. The van der Waals surface area contributed by atoms with Crippen molar-refractivity contribution in [3.8, 4) is 0 Å². The normalized spacial score (nSPS) is 20.4. The highest BCUT2D eigenvalue weighted by atomic mass is 35.5. The first-order chi connectivity index (χ1) is 6.14. The first kappa shape index (κ1) is 11.2. The molecule has 1 rings (SSSR count). The molecule has 0 saturated carbocycles. The Morgan fingerprint density at radius 3 is 2.54 bits per heavy atom. The van der Waals surface area contributed by atoms with Gasteiger partial charge >= 0.3 is 0 Å². The highest BCUT2D eigenvalue weighted by Gasteiger charge is 2.19. The third-order valence-electron chi connectivity index (χ3n) is 1.91. The predicted octanol–water partition coefficient (Wildman–Crippen LogP) is 0.324. The van der Waals surface area contributed by atoms with Gasteiger partial charge in [0.05, 0.1) is 5.75 Å². The van der Waals surface area contributed by atoms with Gasteiger partial charge in [0.1, 0.15) is 0 Å².